The zero-order chi connectivity index (χ0) is 29.0. The molecule has 40 heavy (non-hydrogen) atoms. The number of benzene rings is 2. The molecule has 0 saturated carbocycles. The zero-order valence-electron chi connectivity index (χ0n) is 21.2. The highest BCUT2D eigenvalue weighted by atomic mass is 32.2. The van der Waals surface area contributed by atoms with Crippen LogP contribution in [0.5, 0.6) is 11.6 Å². The van der Waals surface area contributed by atoms with E-state index in [1.165, 1.54) is 31.2 Å². The van der Waals surface area contributed by atoms with E-state index in [4.69, 9.17) is 4.74 Å². The number of anilines is 1. The quantitative estimate of drug-likeness (QED) is 0.258. The van der Waals surface area contributed by atoms with E-state index in [1.807, 2.05) is 0 Å². The number of carbonyl (C=O) groups is 1. The van der Waals surface area contributed by atoms with E-state index in [0.29, 0.717) is 21.9 Å². The van der Waals surface area contributed by atoms with Crippen LogP contribution in [0.4, 0.5) is 5.69 Å². The molecule has 3 aromatic rings. The van der Waals surface area contributed by atoms with Gasteiger partial charge in [0.25, 0.3) is 15.7 Å². The standard InChI is InChI=1S/C27H25N3O9S/c1-18(40(36,37)38)15-16-28-21-12-6-7-13-22(21)39-23(28)14-8-5-11-20-25(33)29(17-24(31)32)27(35)30(26(20)34)19-9-3-2-4-10-19/h2-4,6-14,18,33H,15-17H2,1H3,(H,31,32)(H,36,37,38). The number of para-hydroxylation sites is 3. The van der Waals surface area contributed by atoms with Gasteiger partial charge in [-0.1, -0.05) is 30.3 Å². The first-order valence-corrected chi connectivity index (χ1v) is 13.5. The molecule has 0 radical (unpaired) electrons. The van der Waals surface area contributed by atoms with Crippen LogP contribution < -0.4 is 20.9 Å². The number of aliphatic carboxylic acids is 1. The van der Waals surface area contributed by atoms with Crippen molar-refractivity contribution in [3.05, 3.63) is 105 Å². The van der Waals surface area contributed by atoms with E-state index in [1.54, 1.807) is 47.4 Å². The Morgan fingerprint density at radius 2 is 1.77 bits per heavy atom. The Bertz CT molecular complexity index is 1770. The topological polar surface area (TPSA) is 168 Å². The molecule has 208 valence electrons. The molecule has 1 atom stereocenters. The summed E-state index contributed by atoms with van der Waals surface area (Å²) < 4.78 is 39.4. The van der Waals surface area contributed by atoms with Crippen LogP contribution in [0.25, 0.3) is 11.8 Å². The van der Waals surface area contributed by atoms with Crippen LogP contribution in [-0.4, -0.2) is 50.1 Å². The van der Waals surface area contributed by atoms with Crippen molar-refractivity contribution in [1.82, 2.24) is 9.13 Å². The Morgan fingerprint density at radius 1 is 1.10 bits per heavy atom. The fourth-order valence-corrected chi connectivity index (χ4v) is 4.39. The molecule has 1 aliphatic rings. The summed E-state index contributed by atoms with van der Waals surface area (Å²) >= 11 is 0. The highest BCUT2D eigenvalue weighted by molar-refractivity contribution is 7.86. The van der Waals surface area contributed by atoms with Gasteiger partial charge in [-0.25, -0.2) is 9.36 Å². The van der Waals surface area contributed by atoms with Crippen molar-refractivity contribution in [2.75, 3.05) is 11.4 Å². The molecule has 1 aliphatic heterocycles. The predicted molar refractivity (Wildman–Crippen MR) is 146 cm³/mol. The Labute approximate surface area is 228 Å². The van der Waals surface area contributed by atoms with Gasteiger partial charge in [-0.05, 0) is 49.8 Å². The second-order valence-corrected chi connectivity index (χ2v) is 10.6. The average Bonchev–Trinajstić information content (AvgIpc) is 3.26. The summed E-state index contributed by atoms with van der Waals surface area (Å²) in [6, 6.07) is 14.9. The van der Waals surface area contributed by atoms with E-state index >= 15 is 0 Å². The van der Waals surface area contributed by atoms with E-state index in [2.05, 4.69) is 5.73 Å². The van der Waals surface area contributed by atoms with Gasteiger partial charge in [0.15, 0.2) is 5.75 Å². The van der Waals surface area contributed by atoms with E-state index in [-0.39, 0.29) is 24.2 Å². The molecule has 0 spiro atoms. The Hall–Kier alpha value is -4.84. The Morgan fingerprint density at radius 3 is 2.45 bits per heavy atom. The first-order valence-electron chi connectivity index (χ1n) is 12.0. The number of carboxylic acids is 1. The maximum atomic E-state index is 13.2. The molecule has 2 aromatic carbocycles. The summed E-state index contributed by atoms with van der Waals surface area (Å²) in [6.45, 7) is 0.711. The monoisotopic (exact) mass is 567 g/mol. The number of nitrogens with zero attached hydrogens (tertiary/aromatic N) is 3. The summed E-state index contributed by atoms with van der Waals surface area (Å²) in [5.74, 6) is -1.39. The van der Waals surface area contributed by atoms with Crippen LogP contribution >= 0.6 is 0 Å². The molecule has 12 nitrogen and oxygen atoms in total. The van der Waals surface area contributed by atoms with Crippen LogP contribution in [0.2, 0.25) is 0 Å². The maximum absolute atomic E-state index is 13.2. The Kier molecular flexibility index (Phi) is 8.10. The van der Waals surface area contributed by atoms with Crippen molar-refractivity contribution in [3.8, 4) is 17.3 Å². The molecule has 13 heteroatoms. The third-order valence-electron chi connectivity index (χ3n) is 6.11. The lowest BCUT2D eigenvalue weighted by Crippen LogP contribution is -2.40. The van der Waals surface area contributed by atoms with Gasteiger partial charge in [-0.3, -0.25) is 18.7 Å². The summed E-state index contributed by atoms with van der Waals surface area (Å²) in [4.78, 5) is 39.1. The summed E-state index contributed by atoms with van der Waals surface area (Å²) in [5.41, 5.74) is 1.31. The molecule has 4 rings (SSSR count). The molecule has 0 amide bonds. The van der Waals surface area contributed by atoms with Gasteiger partial charge in [0, 0.05) is 12.6 Å². The maximum Gasteiger partial charge on any atom is 0.339 e. The molecular formula is C27H25N3O9S. The van der Waals surface area contributed by atoms with E-state index in [0.717, 1.165) is 10.6 Å². The van der Waals surface area contributed by atoms with Crippen LogP contribution in [0, 0.1) is 0 Å². The van der Waals surface area contributed by atoms with Crippen LogP contribution in [0.15, 0.2) is 88.0 Å². The first-order chi connectivity index (χ1) is 19.0. The van der Waals surface area contributed by atoms with Gasteiger partial charge >= 0.3 is 11.7 Å². The van der Waals surface area contributed by atoms with Crippen molar-refractivity contribution < 1.29 is 32.7 Å². The number of carboxylic acid groups (broad SMARTS) is 1. The minimum absolute atomic E-state index is 0.103. The van der Waals surface area contributed by atoms with Gasteiger partial charge < -0.3 is 19.8 Å². The van der Waals surface area contributed by atoms with Gasteiger partial charge in [0.05, 0.1) is 16.6 Å². The minimum atomic E-state index is -4.22. The predicted octanol–water partition coefficient (Wildman–Crippen LogP) is 2.36. The number of aromatic nitrogens is 2. The number of hydrogen-bond acceptors (Lipinski definition) is 8. The normalized spacial score (nSPS) is 14.2. The molecule has 3 N–H and O–H groups in total. The molecular weight excluding hydrogens is 542 g/mol. The van der Waals surface area contributed by atoms with Crippen molar-refractivity contribution in [2.24, 2.45) is 0 Å². The lowest BCUT2D eigenvalue weighted by atomic mass is 10.2. The summed E-state index contributed by atoms with van der Waals surface area (Å²) in [5, 5.41) is 18.8. The van der Waals surface area contributed by atoms with Gasteiger partial charge in [0.1, 0.15) is 12.1 Å². The highest BCUT2D eigenvalue weighted by Crippen LogP contribution is 2.38. The number of hydrogen-bond donors (Lipinski definition) is 3. The van der Waals surface area contributed by atoms with E-state index in [9.17, 15) is 37.6 Å². The fourth-order valence-electron chi connectivity index (χ4n) is 3.99. The van der Waals surface area contributed by atoms with Gasteiger partial charge in [-0.2, -0.15) is 8.42 Å². The van der Waals surface area contributed by atoms with Crippen LogP contribution in [0.3, 0.4) is 0 Å². The van der Waals surface area contributed by atoms with Crippen LogP contribution in [0.1, 0.15) is 18.9 Å². The molecule has 0 aliphatic carbocycles. The van der Waals surface area contributed by atoms with Gasteiger partial charge in [-0.15, -0.1) is 5.73 Å². The second-order valence-electron chi connectivity index (χ2n) is 8.79. The van der Waals surface area contributed by atoms with Crippen molar-refractivity contribution in [3.63, 3.8) is 0 Å². The molecule has 1 aromatic heterocycles. The SMILES string of the molecule is CC(CCN1C(=CC=C=Cc2c(O)n(CC(=O)O)c(=O)n(-c3ccccc3)c2=O)Oc2ccccc21)S(=O)(=O)O. The van der Waals surface area contributed by atoms with Crippen molar-refractivity contribution in [1.29, 1.82) is 0 Å². The third-order valence-corrected chi connectivity index (χ3v) is 7.37. The third kappa shape index (κ3) is 5.91. The molecule has 0 bridgehead atoms. The Balaban J connectivity index is 1.73. The second kappa shape index (κ2) is 11.5. The molecule has 2 heterocycles. The smallest absolute Gasteiger partial charge is 0.339 e. The van der Waals surface area contributed by atoms with Gasteiger partial charge in [0.2, 0.25) is 11.8 Å². The zero-order valence-corrected chi connectivity index (χ0v) is 22.0. The summed E-state index contributed by atoms with van der Waals surface area (Å²) in [7, 11) is -4.22. The molecule has 1 unspecified atom stereocenters. The van der Waals surface area contributed by atoms with E-state index < -0.39 is 45.0 Å². The molecule has 0 fully saturated rings. The number of ether oxygens (including phenoxy) is 1. The number of fused-ring (bicyclic) bond motifs is 1. The first kappa shape index (κ1) is 28.2. The minimum Gasteiger partial charge on any atom is -0.494 e. The van der Waals surface area contributed by atoms with Crippen molar-refractivity contribution >= 4 is 27.9 Å². The number of rotatable bonds is 9. The number of allylic oxidation sites excluding steroid dienone is 2. The largest absolute Gasteiger partial charge is 0.494 e. The lowest BCUT2D eigenvalue weighted by Gasteiger charge is -2.19. The van der Waals surface area contributed by atoms with Crippen molar-refractivity contribution in [2.45, 2.75) is 25.1 Å². The molecule has 0 saturated heterocycles. The summed E-state index contributed by atoms with van der Waals surface area (Å²) in [6.07, 6.45) is 4.08. The average molecular weight is 568 g/mol. The highest BCUT2D eigenvalue weighted by Gasteiger charge is 2.27. The fraction of sp³-hybridized carbons (Fsp3) is 0.185. The lowest BCUT2D eigenvalue weighted by molar-refractivity contribution is -0.137. The number of aromatic hydroxyl groups is 1. The van der Waals surface area contributed by atoms with Crippen LogP contribution in [-0.2, 0) is 21.5 Å².